The van der Waals surface area contributed by atoms with Gasteiger partial charge in [0, 0.05) is 12.6 Å². The maximum atomic E-state index is 11.5. The molecule has 1 amide bonds. The SMILES string of the molecule is CC(=O)Nc1c(C)c2ccc(C(O)(P=O)C(C)C)ccc-2c1C. The Morgan fingerprint density at radius 3 is 1.96 bits per heavy atom. The smallest absolute Gasteiger partial charge is 0.221 e. The average molecular weight is 331 g/mol. The number of rotatable bonds is 4. The van der Waals surface area contributed by atoms with Gasteiger partial charge in [0.1, 0.15) is 0 Å². The molecule has 0 radical (unpaired) electrons. The molecule has 4 nitrogen and oxygen atoms in total. The van der Waals surface area contributed by atoms with E-state index in [-0.39, 0.29) is 20.3 Å². The molecule has 0 aliphatic heterocycles. The fraction of sp³-hybridized carbons (Fsp3) is 0.389. The highest BCUT2D eigenvalue weighted by Crippen LogP contribution is 2.43. The van der Waals surface area contributed by atoms with Gasteiger partial charge < -0.3 is 10.4 Å². The summed E-state index contributed by atoms with van der Waals surface area (Å²) in [4.78, 5) is 11.4. The van der Waals surface area contributed by atoms with Gasteiger partial charge in [-0.25, -0.2) is 0 Å². The molecule has 0 saturated carbocycles. The van der Waals surface area contributed by atoms with Gasteiger partial charge in [0.15, 0.2) is 13.8 Å². The van der Waals surface area contributed by atoms with Crippen LogP contribution in [0.3, 0.4) is 0 Å². The van der Waals surface area contributed by atoms with Gasteiger partial charge in [-0.3, -0.25) is 9.36 Å². The summed E-state index contributed by atoms with van der Waals surface area (Å²) in [6.07, 6.45) is 0. The monoisotopic (exact) mass is 331 g/mol. The van der Waals surface area contributed by atoms with Crippen LogP contribution in [0.25, 0.3) is 11.1 Å². The van der Waals surface area contributed by atoms with Crippen molar-refractivity contribution in [3.05, 3.63) is 41.0 Å². The minimum Gasteiger partial charge on any atom is -0.373 e. The molecule has 2 aliphatic rings. The Balaban J connectivity index is 2.65. The third-order valence-corrected chi connectivity index (χ3v) is 5.43. The molecule has 1 atom stereocenters. The molecular weight excluding hydrogens is 309 g/mol. The van der Waals surface area contributed by atoms with Crippen LogP contribution in [0.1, 0.15) is 37.5 Å². The third-order valence-electron chi connectivity index (χ3n) is 4.38. The summed E-state index contributed by atoms with van der Waals surface area (Å²) in [6, 6.07) is 7.43. The zero-order valence-electron chi connectivity index (χ0n) is 14.1. The molecule has 5 heteroatoms. The zero-order valence-corrected chi connectivity index (χ0v) is 15.0. The molecule has 0 aromatic heterocycles. The number of hydrogen-bond acceptors (Lipinski definition) is 3. The number of anilines is 1. The van der Waals surface area contributed by atoms with E-state index in [1.807, 2.05) is 39.8 Å². The number of aliphatic hydroxyl groups is 1. The summed E-state index contributed by atoms with van der Waals surface area (Å²) >= 11 is 0. The minimum atomic E-state index is -1.40. The second-order valence-electron chi connectivity index (χ2n) is 6.23. The lowest BCUT2D eigenvalue weighted by molar-refractivity contribution is -0.114. The molecule has 0 saturated heterocycles. The Morgan fingerprint density at radius 2 is 1.61 bits per heavy atom. The van der Waals surface area contributed by atoms with Crippen LogP contribution in [0.15, 0.2) is 24.3 Å². The highest BCUT2D eigenvalue weighted by Gasteiger charge is 2.34. The van der Waals surface area contributed by atoms with Gasteiger partial charge in [-0.15, -0.1) is 0 Å². The van der Waals surface area contributed by atoms with E-state index in [0.717, 1.165) is 27.9 Å². The first-order chi connectivity index (χ1) is 10.7. The summed E-state index contributed by atoms with van der Waals surface area (Å²) < 4.78 is 11.5. The van der Waals surface area contributed by atoms with E-state index in [1.165, 1.54) is 6.92 Å². The van der Waals surface area contributed by atoms with E-state index in [9.17, 15) is 14.5 Å². The van der Waals surface area contributed by atoms with Gasteiger partial charge in [-0.1, -0.05) is 38.1 Å². The Kier molecular flexibility index (Phi) is 4.88. The highest BCUT2D eigenvalue weighted by molar-refractivity contribution is 7.25. The average Bonchev–Trinajstić information content (AvgIpc) is 2.68. The van der Waals surface area contributed by atoms with Crippen molar-refractivity contribution in [2.45, 2.75) is 40.0 Å². The van der Waals surface area contributed by atoms with Crippen LogP contribution in [0.5, 0.6) is 0 Å². The summed E-state index contributed by atoms with van der Waals surface area (Å²) in [5, 5.41) is 12.1. The summed E-state index contributed by atoms with van der Waals surface area (Å²) in [5.74, 6) is -0.286. The van der Waals surface area contributed by atoms with Crippen LogP contribution in [0.4, 0.5) is 5.69 Å². The molecule has 2 aliphatic carbocycles. The molecule has 0 bridgehead atoms. The predicted octanol–water partition coefficient (Wildman–Crippen LogP) is 4.46. The van der Waals surface area contributed by atoms with Gasteiger partial charge in [0.25, 0.3) is 0 Å². The van der Waals surface area contributed by atoms with Crippen molar-refractivity contribution in [1.82, 2.24) is 0 Å². The minimum absolute atomic E-state index is 0.101. The number of amides is 1. The molecule has 2 N–H and O–H groups in total. The van der Waals surface area contributed by atoms with Crippen molar-refractivity contribution in [1.29, 1.82) is 0 Å². The van der Waals surface area contributed by atoms with Gasteiger partial charge in [0.05, 0.1) is 0 Å². The van der Waals surface area contributed by atoms with Gasteiger partial charge in [-0.2, -0.15) is 0 Å². The van der Waals surface area contributed by atoms with Gasteiger partial charge in [-0.05, 0) is 47.6 Å². The van der Waals surface area contributed by atoms with Crippen LogP contribution in [-0.2, 0) is 14.7 Å². The number of hydrogen-bond donors (Lipinski definition) is 2. The predicted molar refractivity (Wildman–Crippen MR) is 93.2 cm³/mol. The Morgan fingerprint density at radius 1 is 1.13 bits per heavy atom. The van der Waals surface area contributed by atoms with Gasteiger partial charge in [0.2, 0.25) is 5.91 Å². The van der Waals surface area contributed by atoms with E-state index >= 15 is 0 Å². The van der Waals surface area contributed by atoms with E-state index < -0.39 is 5.34 Å². The maximum Gasteiger partial charge on any atom is 0.221 e. The molecule has 0 fully saturated rings. The van der Waals surface area contributed by atoms with Crippen LogP contribution in [0, 0.1) is 19.8 Å². The van der Waals surface area contributed by atoms with Crippen molar-refractivity contribution in [3.63, 3.8) is 0 Å². The molecule has 0 aromatic rings. The number of carbonyl (C=O) groups excluding carboxylic acids is 1. The highest BCUT2D eigenvalue weighted by atomic mass is 31.1. The summed E-state index contributed by atoms with van der Waals surface area (Å²) in [5.41, 5.74) is 5.43. The quantitative estimate of drug-likeness (QED) is 0.813. The molecule has 0 heterocycles. The first-order valence-corrected chi connectivity index (χ1v) is 8.41. The Labute approximate surface area is 138 Å². The lowest BCUT2D eigenvalue weighted by Gasteiger charge is -2.24. The topological polar surface area (TPSA) is 66.4 Å². The molecule has 1 unspecified atom stereocenters. The largest absolute Gasteiger partial charge is 0.373 e. The van der Waals surface area contributed by atoms with Crippen molar-refractivity contribution in [2.24, 2.45) is 5.92 Å². The fourth-order valence-electron chi connectivity index (χ4n) is 2.89. The first-order valence-electron chi connectivity index (χ1n) is 7.60. The van der Waals surface area contributed by atoms with E-state index in [2.05, 4.69) is 5.32 Å². The van der Waals surface area contributed by atoms with Crippen LogP contribution >= 0.6 is 8.46 Å². The number of fused-ring (bicyclic) bond motifs is 1. The molecule has 2 rings (SSSR count). The van der Waals surface area contributed by atoms with E-state index in [1.54, 1.807) is 12.1 Å². The molecule has 23 heavy (non-hydrogen) atoms. The number of carbonyl (C=O) groups is 1. The third kappa shape index (κ3) is 3.01. The lowest BCUT2D eigenvalue weighted by Crippen LogP contribution is -2.24. The second-order valence-corrected chi connectivity index (χ2v) is 7.09. The van der Waals surface area contributed by atoms with Crippen LogP contribution in [0.2, 0.25) is 0 Å². The molecule has 122 valence electrons. The Bertz CT molecular complexity index is 702. The number of nitrogens with one attached hydrogen (secondary N) is 1. The van der Waals surface area contributed by atoms with Crippen molar-refractivity contribution >= 4 is 20.1 Å². The van der Waals surface area contributed by atoms with Crippen molar-refractivity contribution in [2.75, 3.05) is 5.32 Å². The van der Waals surface area contributed by atoms with Crippen LogP contribution < -0.4 is 5.32 Å². The van der Waals surface area contributed by atoms with Gasteiger partial charge >= 0.3 is 0 Å². The lowest BCUT2D eigenvalue weighted by atomic mass is 9.99. The fourth-order valence-corrected chi connectivity index (χ4v) is 3.35. The van der Waals surface area contributed by atoms with E-state index in [4.69, 9.17) is 0 Å². The molecule has 0 aromatic carbocycles. The standard InChI is InChI=1S/C18H22NO3P/c1-10(2)18(21,23-22)14-6-8-15-11(3)17(19-13(5)20)12(4)16(15)9-7-14/h6-10,21H,1-5H3,(H,19,20). The second kappa shape index (κ2) is 6.38. The normalized spacial score (nSPS) is 14.2. The maximum absolute atomic E-state index is 11.5. The first kappa shape index (κ1) is 17.6. The van der Waals surface area contributed by atoms with Crippen LogP contribution in [-0.4, -0.2) is 11.0 Å². The Hall–Kier alpha value is -1.77. The van der Waals surface area contributed by atoms with Crippen molar-refractivity contribution < 1.29 is 14.5 Å². The van der Waals surface area contributed by atoms with Crippen molar-refractivity contribution in [3.8, 4) is 11.1 Å². The summed E-state index contributed by atoms with van der Waals surface area (Å²) in [7, 11) is -0.315. The molecule has 0 spiro atoms. The zero-order chi connectivity index (χ0) is 17.4. The molecular formula is C18H22NO3P. The summed E-state index contributed by atoms with van der Waals surface area (Å²) in [6.45, 7) is 9.08. The van der Waals surface area contributed by atoms with E-state index in [0.29, 0.717) is 5.56 Å².